The van der Waals surface area contributed by atoms with Gasteiger partial charge >= 0.3 is 0 Å². The Morgan fingerprint density at radius 2 is 2.00 bits per heavy atom. The van der Waals surface area contributed by atoms with E-state index in [0.717, 1.165) is 36.1 Å². The van der Waals surface area contributed by atoms with Crippen molar-refractivity contribution in [2.75, 3.05) is 0 Å². The summed E-state index contributed by atoms with van der Waals surface area (Å²) in [6.45, 7) is 5.81. The molecule has 0 aliphatic heterocycles. The number of carbonyl (C=O) groups is 2. The van der Waals surface area contributed by atoms with E-state index in [-0.39, 0.29) is 17.9 Å². The largest absolute Gasteiger partial charge is 0.455 e. The lowest BCUT2D eigenvalue weighted by Gasteiger charge is -2.13. The number of hydrazone groups is 1. The van der Waals surface area contributed by atoms with Crippen molar-refractivity contribution < 1.29 is 14.0 Å². The van der Waals surface area contributed by atoms with Gasteiger partial charge in [-0.2, -0.15) is 5.10 Å². The molecule has 2 N–H and O–H groups in total. The Bertz CT molecular complexity index is 933. The number of amides is 2. The minimum Gasteiger partial charge on any atom is -0.455 e. The Labute approximate surface area is 169 Å². The van der Waals surface area contributed by atoms with Crippen LogP contribution in [0.5, 0.6) is 0 Å². The van der Waals surface area contributed by atoms with Crippen molar-refractivity contribution in [1.29, 1.82) is 0 Å². The molecule has 148 valence electrons. The smallest absolute Gasteiger partial charge is 0.287 e. The first-order chi connectivity index (χ1) is 13.4. The van der Waals surface area contributed by atoms with Crippen molar-refractivity contribution in [2.24, 2.45) is 5.10 Å². The van der Waals surface area contributed by atoms with E-state index in [4.69, 9.17) is 16.0 Å². The second-order valence-corrected chi connectivity index (χ2v) is 7.38. The van der Waals surface area contributed by atoms with Gasteiger partial charge in [0.15, 0.2) is 5.76 Å². The summed E-state index contributed by atoms with van der Waals surface area (Å²) in [6.07, 6.45) is 3.12. The van der Waals surface area contributed by atoms with Gasteiger partial charge in [0.2, 0.25) is 0 Å². The number of aryl methyl sites for hydroxylation is 1. The summed E-state index contributed by atoms with van der Waals surface area (Å²) in [7, 11) is 0. The fourth-order valence-corrected chi connectivity index (χ4v) is 3.43. The van der Waals surface area contributed by atoms with Crippen LogP contribution in [0.4, 0.5) is 0 Å². The second kappa shape index (κ2) is 8.61. The summed E-state index contributed by atoms with van der Waals surface area (Å²) in [5, 5.41) is 7.62. The maximum absolute atomic E-state index is 12.5. The number of halogens is 1. The summed E-state index contributed by atoms with van der Waals surface area (Å²) in [5.41, 5.74) is 5.23. The van der Waals surface area contributed by atoms with E-state index in [1.807, 2.05) is 20.8 Å². The van der Waals surface area contributed by atoms with E-state index in [1.165, 1.54) is 0 Å². The van der Waals surface area contributed by atoms with E-state index >= 15 is 0 Å². The molecule has 0 spiro atoms. The van der Waals surface area contributed by atoms with Crippen molar-refractivity contribution in [1.82, 2.24) is 10.7 Å². The summed E-state index contributed by atoms with van der Waals surface area (Å²) < 4.78 is 5.86. The Morgan fingerprint density at radius 3 is 2.71 bits per heavy atom. The molecule has 28 heavy (non-hydrogen) atoms. The lowest BCUT2D eigenvalue weighted by atomic mass is 9.93. The topological polar surface area (TPSA) is 83.7 Å². The van der Waals surface area contributed by atoms with Gasteiger partial charge < -0.3 is 9.73 Å². The first-order valence-electron chi connectivity index (χ1n) is 9.47. The number of fused-ring (bicyclic) bond motifs is 1. The van der Waals surface area contributed by atoms with Crippen LogP contribution in [0.3, 0.4) is 0 Å². The van der Waals surface area contributed by atoms with Gasteiger partial charge in [-0.05, 0) is 45.2 Å². The number of furan rings is 1. The highest BCUT2D eigenvalue weighted by molar-refractivity contribution is 6.33. The standard InChI is InChI=1S/C21H24ClN3O3/c1-4-12(2)23-21(27)19-13(3)18-16(10-7-11-17(18)28-19)24-25-20(26)14-8-5-6-9-15(14)22/h5-6,8-9,12H,4,7,10-11H2,1-3H3,(H,23,27)(H,25,26)/b24-16+. The van der Waals surface area contributed by atoms with Crippen molar-refractivity contribution in [3.63, 3.8) is 0 Å². The molecule has 1 aliphatic carbocycles. The molecule has 2 aromatic rings. The van der Waals surface area contributed by atoms with Crippen LogP contribution < -0.4 is 10.7 Å². The number of nitrogens with one attached hydrogen (secondary N) is 2. The van der Waals surface area contributed by atoms with Gasteiger partial charge in [0, 0.05) is 23.6 Å². The highest BCUT2D eigenvalue weighted by atomic mass is 35.5. The molecule has 0 radical (unpaired) electrons. The Hall–Kier alpha value is -2.60. The van der Waals surface area contributed by atoms with Crippen LogP contribution >= 0.6 is 11.6 Å². The molecule has 1 unspecified atom stereocenters. The molecule has 3 rings (SSSR count). The van der Waals surface area contributed by atoms with Crippen LogP contribution in [0.25, 0.3) is 0 Å². The average Bonchev–Trinajstić information content (AvgIpc) is 3.03. The molecule has 1 aromatic heterocycles. The van der Waals surface area contributed by atoms with E-state index < -0.39 is 0 Å². The van der Waals surface area contributed by atoms with Gasteiger partial charge in [-0.3, -0.25) is 9.59 Å². The van der Waals surface area contributed by atoms with Gasteiger partial charge in [-0.25, -0.2) is 5.43 Å². The van der Waals surface area contributed by atoms with Crippen LogP contribution in [0.1, 0.15) is 70.9 Å². The summed E-state index contributed by atoms with van der Waals surface area (Å²) in [6, 6.07) is 6.88. The fourth-order valence-electron chi connectivity index (χ4n) is 3.21. The predicted octanol–water partition coefficient (Wildman–Crippen LogP) is 4.24. The lowest BCUT2D eigenvalue weighted by Crippen LogP contribution is -2.32. The molecular formula is C21H24ClN3O3. The average molecular weight is 402 g/mol. The summed E-state index contributed by atoms with van der Waals surface area (Å²) in [5.74, 6) is 0.461. The molecule has 0 bridgehead atoms. The minimum absolute atomic E-state index is 0.0667. The van der Waals surface area contributed by atoms with Crippen molar-refractivity contribution in [2.45, 2.75) is 52.5 Å². The first kappa shape index (κ1) is 20.1. The summed E-state index contributed by atoms with van der Waals surface area (Å²) >= 11 is 6.07. The molecule has 6 nitrogen and oxygen atoms in total. The van der Waals surface area contributed by atoms with Crippen LogP contribution in [0.2, 0.25) is 5.02 Å². The zero-order valence-corrected chi connectivity index (χ0v) is 17.0. The maximum Gasteiger partial charge on any atom is 0.287 e. The second-order valence-electron chi connectivity index (χ2n) is 6.97. The zero-order chi connectivity index (χ0) is 20.3. The SMILES string of the molecule is CCC(C)NC(=O)c1oc2c(c1C)/C(=N/NC(=O)c1ccccc1Cl)CCC2. The third-order valence-corrected chi connectivity index (χ3v) is 5.26. The highest BCUT2D eigenvalue weighted by Crippen LogP contribution is 2.30. The fraction of sp³-hybridized carbons (Fsp3) is 0.381. The van der Waals surface area contributed by atoms with Crippen LogP contribution in [0.15, 0.2) is 33.8 Å². The Kier molecular flexibility index (Phi) is 6.19. The van der Waals surface area contributed by atoms with E-state index in [2.05, 4.69) is 15.8 Å². The molecule has 7 heteroatoms. The molecule has 1 atom stereocenters. The molecule has 0 saturated carbocycles. The Balaban J connectivity index is 1.85. The lowest BCUT2D eigenvalue weighted by molar-refractivity contribution is 0.0907. The van der Waals surface area contributed by atoms with E-state index in [1.54, 1.807) is 24.3 Å². The zero-order valence-electron chi connectivity index (χ0n) is 16.3. The van der Waals surface area contributed by atoms with Crippen molar-refractivity contribution in [3.05, 3.63) is 57.5 Å². The number of hydrogen-bond donors (Lipinski definition) is 2. The number of benzene rings is 1. The van der Waals surface area contributed by atoms with Gasteiger partial charge in [-0.1, -0.05) is 30.7 Å². The van der Waals surface area contributed by atoms with Crippen LogP contribution in [-0.4, -0.2) is 23.6 Å². The monoisotopic (exact) mass is 401 g/mol. The molecular weight excluding hydrogens is 378 g/mol. The minimum atomic E-state index is -0.374. The van der Waals surface area contributed by atoms with Gasteiger partial charge in [0.25, 0.3) is 11.8 Å². The molecule has 1 heterocycles. The summed E-state index contributed by atoms with van der Waals surface area (Å²) in [4.78, 5) is 24.9. The van der Waals surface area contributed by atoms with Crippen LogP contribution in [-0.2, 0) is 6.42 Å². The first-order valence-corrected chi connectivity index (χ1v) is 9.85. The van der Waals surface area contributed by atoms with Gasteiger partial charge in [0.1, 0.15) is 5.76 Å². The molecule has 0 fully saturated rings. The third-order valence-electron chi connectivity index (χ3n) is 4.93. The van der Waals surface area contributed by atoms with Crippen LogP contribution in [0, 0.1) is 6.92 Å². The number of carbonyl (C=O) groups excluding carboxylic acids is 2. The van der Waals surface area contributed by atoms with Gasteiger partial charge in [0.05, 0.1) is 16.3 Å². The quantitative estimate of drug-likeness (QED) is 0.735. The number of hydrogen-bond acceptors (Lipinski definition) is 4. The van der Waals surface area contributed by atoms with E-state index in [9.17, 15) is 9.59 Å². The highest BCUT2D eigenvalue weighted by Gasteiger charge is 2.28. The van der Waals surface area contributed by atoms with Crippen molar-refractivity contribution >= 4 is 29.1 Å². The molecule has 0 saturated heterocycles. The molecule has 1 aromatic carbocycles. The third kappa shape index (κ3) is 4.12. The number of rotatable bonds is 5. The molecule has 1 aliphatic rings. The van der Waals surface area contributed by atoms with Gasteiger partial charge in [-0.15, -0.1) is 0 Å². The predicted molar refractivity (Wildman–Crippen MR) is 109 cm³/mol. The van der Waals surface area contributed by atoms with E-state index in [0.29, 0.717) is 28.5 Å². The number of nitrogens with zero attached hydrogens (tertiary/aromatic N) is 1. The Morgan fingerprint density at radius 1 is 1.25 bits per heavy atom. The maximum atomic E-state index is 12.5. The molecule has 2 amide bonds. The van der Waals surface area contributed by atoms with Crippen molar-refractivity contribution in [3.8, 4) is 0 Å². The normalized spacial score (nSPS) is 15.8.